The highest BCUT2D eigenvalue weighted by atomic mass is 16.3. The van der Waals surface area contributed by atoms with Crippen molar-refractivity contribution in [3.63, 3.8) is 0 Å². The molecule has 0 atom stereocenters. The van der Waals surface area contributed by atoms with Crippen molar-refractivity contribution < 1.29 is 15.0 Å². The third-order valence-electron chi connectivity index (χ3n) is 3.81. The molecule has 0 aliphatic heterocycles. The van der Waals surface area contributed by atoms with Gasteiger partial charge in [-0.3, -0.25) is 4.79 Å². The minimum Gasteiger partial charge on any atom is -0.504 e. The lowest BCUT2D eigenvalue weighted by Gasteiger charge is -2.06. The summed E-state index contributed by atoms with van der Waals surface area (Å²) in [6.45, 7) is 2.52. The van der Waals surface area contributed by atoms with Gasteiger partial charge in [0.05, 0.1) is 0 Å². The maximum absolute atomic E-state index is 12.1. The van der Waals surface area contributed by atoms with Crippen LogP contribution in [0, 0.1) is 11.3 Å². The monoisotopic (exact) mass is 336 g/mol. The van der Waals surface area contributed by atoms with E-state index in [4.69, 9.17) is 5.26 Å². The van der Waals surface area contributed by atoms with Crippen LogP contribution < -0.4 is 5.32 Å². The number of phenolic OH excluding ortho intramolecular Hbond substituents is 2. The number of benzene rings is 2. The van der Waals surface area contributed by atoms with E-state index in [0.29, 0.717) is 18.5 Å². The summed E-state index contributed by atoms with van der Waals surface area (Å²) in [5.74, 6) is -1.03. The second kappa shape index (κ2) is 8.55. The van der Waals surface area contributed by atoms with Crippen molar-refractivity contribution in [1.29, 1.82) is 5.26 Å². The predicted molar refractivity (Wildman–Crippen MR) is 95.9 cm³/mol. The summed E-state index contributed by atoms with van der Waals surface area (Å²) in [5.41, 5.74) is 2.77. The smallest absolute Gasteiger partial charge is 0.261 e. The molecule has 1 amide bonds. The number of aromatic hydroxyl groups is 2. The molecule has 0 aliphatic carbocycles. The Hall–Kier alpha value is -3.26. The molecule has 0 bridgehead atoms. The van der Waals surface area contributed by atoms with Gasteiger partial charge in [-0.2, -0.15) is 5.26 Å². The van der Waals surface area contributed by atoms with E-state index in [0.717, 1.165) is 12.0 Å². The van der Waals surface area contributed by atoms with E-state index in [-0.39, 0.29) is 17.1 Å². The van der Waals surface area contributed by atoms with Crippen molar-refractivity contribution in [2.24, 2.45) is 0 Å². The number of carbonyl (C=O) groups is 1. The molecule has 0 radical (unpaired) electrons. The molecule has 2 aromatic rings. The Morgan fingerprint density at radius 2 is 1.80 bits per heavy atom. The first-order chi connectivity index (χ1) is 12.0. The number of hydrogen-bond donors (Lipinski definition) is 3. The minimum atomic E-state index is -0.472. The zero-order valence-electron chi connectivity index (χ0n) is 14.0. The van der Waals surface area contributed by atoms with Crippen LogP contribution in [-0.4, -0.2) is 22.7 Å². The molecule has 5 heteroatoms. The molecule has 2 rings (SSSR count). The van der Waals surface area contributed by atoms with Gasteiger partial charge in [0.15, 0.2) is 11.5 Å². The van der Waals surface area contributed by atoms with E-state index in [1.165, 1.54) is 29.8 Å². The average Bonchev–Trinajstić information content (AvgIpc) is 2.63. The van der Waals surface area contributed by atoms with Crippen molar-refractivity contribution in [1.82, 2.24) is 5.32 Å². The molecule has 3 N–H and O–H groups in total. The molecule has 0 unspecified atom stereocenters. The molecule has 0 aliphatic rings. The highest BCUT2D eigenvalue weighted by molar-refractivity contribution is 6.01. The molecule has 0 spiro atoms. The Morgan fingerprint density at radius 1 is 1.12 bits per heavy atom. The fourth-order valence-corrected chi connectivity index (χ4v) is 2.30. The van der Waals surface area contributed by atoms with E-state index in [2.05, 4.69) is 24.4 Å². The van der Waals surface area contributed by atoms with Crippen molar-refractivity contribution in [3.05, 3.63) is 64.7 Å². The minimum absolute atomic E-state index is 0.0635. The van der Waals surface area contributed by atoms with Gasteiger partial charge in [0.25, 0.3) is 5.91 Å². The van der Waals surface area contributed by atoms with E-state index in [1.54, 1.807) is 0 Å². The Morgan fingerprint density at radius 3 is 2.40 bits per heavy atom. The number of nitrogens with zero attached hydrogens (tertiary/aromatic N) is 1. The summed E-state index contributed by atoms with van der Waals surface area (Å²) >= 11 is 0. The first-order valence-corrected chi connectivity index (χ1v) is 8.03. The van der Waals surface area contributed by atoms with Crippen LogP contribution in [0.2, 0.25) is 0 Å². The largest absolute Gasteiger partial charge is 0.504 e. The maximum Gasteiger partial charge on any atom is 0.261 e. The molecular weight excluding hydrogens is 316 g/mol. The molecule has 25 heavy (non-hydrogen) atoms. The zero-order valence-corrected chi connectivity index (χ0v) is 14.0. The number of rotatable bonds is 6. The van der Waals surface area contributed by atoms with Crippen molar-refractivity contribution in [3.8, 4) is 17.6 Å². The molecular formula is C20H20N2O3. The molecule has 5 nitrogen and oxygen atoms in total. The number of nitrogens with one attached hydrogen (secondary N) is 1. The Bertz CT molecular complexity index is 818. The van der Waals surface area contributed by atoms with Crippen LogP contribution in [0.5, 0.6) is 11.5 Å². The quantitative estimate of drug-likeness (QED) is 0.429. The topological polar surface area (TPSA) is 93.4 Å². The molecule has 2 aromatic carbocycles. The van der Waals surface area contributed by atoms with Gasteiger partial charge >= 0.3 is 0 Å². The summed E-state index contributed by atoms with van der Waals surface area (Å²) in [6, 6.07) is 14.1. The number of aryl methyl sites for hydroxylation is 1. The average molecular weight is 336 g/mol. The van der Waals surface area contributed by atoms with Crippen LogP contribution in [0.15, 0.2) is 48.0 Å². The summed E-state index contributed by atoms with van der Waals surface area (Å²) in [7, 11) is 0. The number of carbonyl (C=O) groups excluding carboxylic acids is 1. The third kappa shape index (κ3) is 5.11. The molecule has 0 aromatic heterocycles. The number of phenols is 2. The number of hydrogen-bond acceptors (Lipinski definition) is 4. The van der Waals surface area contributed by atoms with Gasteiger partial charge in [-0.05, 0) is 47.7 Å². The Labute approximate surface area is 146 Å². The third-order valence-corrected chi connectivity index (χ3v) is 3.81. The normalized spacial score (nSPS) is 11.0. The Kier molecular flexibility index (Phi) is 6.19. The van der Waals surface area contributed by atoms with E-state index in [1.807, 2.05) is 18.2 Å². The fourth-order valence-electron chi connectivity index (χ4n) is 2.30. The van der Waals surface area contributed by atoms with Crippen LogP contribution in [0.3, 0.4) is 0 Å². The molecule has 128 valence electrons. The number of amides is 1. The van der Waals surface area contributed by atoms with E-state index >= 15 is 0 Å². The second-order valence-corrected chi connectivity index (χ2v) is 5.59. The zero-order chi connectivity index (χ0) is 18.2. The van der Waals surface area contributed by atoms with Crippen LogP contribution >= 0.6 is 0 Å². The molecule has 0 saturated carbocycles. The standard InChI is InChI=1S/C20H20N2O3/c1-2-14-3-5-15(6-4-14)9-10-22-20(25)17(13-21)11-16-7-8-18(23)19(24)12-16/h3-8,11-12,23-24H,2,9-10H2,1H3,(H,22,25)/b17-11+. The van der Waals surface area contributed by atoms with Crippen molar-refractivity contribution in [2.75, 3.05) is 6.54 Å². The summed E-state index contributed by atoms with van der Waals surface area (Å²) < 4.78 is 0. The van der Waals surface area contributed by atoms with Crippen LogP contribution in [-0.2, 0) is 17.6 Å². The first kappa shape index (κ1) is 18.1. The second-order valence-electron chi connectivity index (χ2n) is 5.59. The van der Waals surface area contributed by atoms with Crippen molar-refractivity contribution >= 4 is 12.0 Å². The van der Waals surface area contributed by atoms with Gasteiger partial charge in [-0.1, -0.05) is 37.3 Å². The summed E-state index contributed by atoms with van der Waals surface area (Å²) in [4.78, 5) is 12.1. The van der Waals surface area contributed by atoms with Gasteiger partial charge in [-0.25, -0.2) is 0 Å². The van der Waals surface area contributed by atoms with Crippen LogP contribution in [0.25, 0.3) is 6.08 Å². The lowest BCUT2D eigenvalue weighted by atomic mass is 10.1. The van der Waals surface area contributed by atoms with Crippen LogP contribution in [0.4, 0.5) is 0 Å². The summed E-state index contributed by atoms with van der Waals surface area (Å²) in [6.07, 6.45) is 3.03. The molecule has 0 saturated heterocycles. The van der Waals surface area contributed by atoms with Gasteiger partial charge < -0.3 is 15.5 Å². The predicted octanol–water partition coefficient (Wildman–Crippen LogP) is 2.93. The highest BCUT2D eigenvalue weighted by Crippen LogP contribution is 2.25. The Balaban J connectivity index is 1.96. The SMILES string of the molecule is CCc1ccc(CCNC(=O)/C(C#N)=C/c2ccc(O)c(O)c2)cc1. The summed E-state index contributed by atoms with van der Waals surface area (Å²) in [5, 5.41) is 30.6. The first-order valence-electron chi connectivity index (χ1n) is 8.03. The van der Waals surface area contributed by atoms with Gasteiger partial charge in [0, 0.05) is 6.54 Å². The van der Waals surface area contributed by atoms with E-state index in [9.17, 15) is 15.0 Å². The highest BCUT2D eigenvalue weighted by Gasteiger charge is 2.09. The van der Waals surface area contributed by atoms with Gasteiger partial charge in [0.1, 0.15) is 11.6 Å². The van der Waals surface area contributed by atoms with Gasteiger partial charge in [-0.15, -0.1) is 0 Å². The molecule has 0 fully saturated rings. The lowest BCUT2D eigenvalue weighted by molar-refractivity contribution is -0.117. The molecule has 0 heterocycles. The number of nitriles is 1. The lowest BCUT2D eigenvalue weighted by Crippen LogP contribution is -2.26. The fraction of sp³-hybridized carbons (Fsp3) is 0.200. The van der Waals surface area contributed by atoms with Crippen molar-refractivity contribution in [2.45, 2.75) is 19.8 Å². The van der Waals surface area contributed by atoms with Gasteiger partial charge in [0.2, 0.25) is 0 Å². The van der Waals surface area contributed by atoms with E-state index < -0.39 is 5.91 Å². The van der Waals surface area contributed by atoms with Crippen LogP contribution in [0.1, 0.15) is 23.6 Å². The maximum atomic E-state index is 12.1.